The number of aromatic carboxylic acids is 1. The van der Waals surface area contributed by atoms with Gasteiger partial charge in [0, 0.05) is 18.2 Å². The van der Waals surface area contributed by atoms with Crippen LogP contribution in [0, 0.1) is 0 Å². The molecule has 0 unspecified atom stereocenters. The lowest BCUT2D eigenvalue weighted by Crippen LogP contribution is -2.21. The SMILES string of the molecule is CCCCCCCCCCCCNC(=O)C=Cc1ccc(-c2sc(C(=O)O)nc2-c2ccc(OCC(=O)OCC)cc2)cc1. The fourth-order valence-corrected chi connectivity index (χ4v) is 5.59. The number of nitrogens with zero attached hydrogens (tertiary/aromatic N) is 1. The van der Waals surface area contributed by atoms with Crippen molar-refractivity contribution in [2.45, 2.75) is 78.1 Å². The molecule has 236 valence electrons. The molecule has 1 amide bonds. The zero-order chi connectivity index (χ0) is 31.6. The van der Waals surface area contributed by atoms with Gasteiger partial charge in [0.15, 0.2) is 6.61 Å². The molecular weight excluding hydrogens is 576 g/mol. The van der Waals surface area contributed by atoms with Crippen molar-refractivity contribution in [1.29, 1.82) is 0 Å². The molecule has 0 saturated heterocycles. The number of carboxylic acids is 1. The van der Waals surface area contributed by atoms with E-state index in [-0.39, 0.29) is 24.1 Å². The molecular formula is C35H44N2O6S. The maximum atomic E-state index is 12.3. The van der Waals surface area contributed by atoms with Gasteiger partial charge in [-0.1, -0.05) is 89.0 Å². The molecule has 2 N–H and O–H groups in total. The molecule has 2 aromatic carbocycles. The van der Waals surface area contributed by atoms with Crippen LogP contribution in [0.3, 0.4) is 0 Å². The van der Waals surface area contributed by atoms with Crippen LogP contribution in [0.4, 0.5) is 0 Å². The highest BCUT2D eigenvalue weighted by atomic mass is 32.1. The Labute approximate surface area is 264 Å². The van der Waals surface area contributed by atoms with Gasteiger partial charge in [0.1, 0.15) is 5.75 Å². The summed E-state index contributed by atoms with van der Waals surface area (Å²) in [5, 5.41) is 12.5. The number of nitrogens with one attached hydrogen (secondary N) is 1. The molecule has 0 aliphatic heterocycles. The van der Waals surface area contributed by atoms with Crippen molar-refractivity contribution >= 4 is 35.3 Å². The molecule has 1 aromatic heterocycles. The minimum Gasteiger partial charge on any atom is -0.482 e. The number of esters is 1. The van der Waals surface area contributed by atoms with Crippen LogP contribution in [-0.2, 0) is 14.3 Å². The average Bonchev–Trinajstić information content (AvgIpc) is 3.48. The zero-order valence-corrected chi connectivity index (χ0v) is 26.6. The summed E-state index contributed by atoms with van der Waals surface area (Å²) in [5.74, 6) is -1.18. The van der Waals surface area contributed by atoms with Gasteiger partial charge in [0.2, 0.25) is 10.9 Å². The van der Waals surface area contributed by atoms with Crippen molar-refractivity contribution in [1.82, 2.24) is 10.3 Å². The predicted molar refractivity (Wildman–Crippen MR) is 176 cm³/mol. The fraction of sp³-hybridized carbons (Fsp3) is 0.429. The monoisotopic (exact) mass is 620 g/mol. The normalized spacial score (nSPS) is 11.0. The molecule has 0 radical (unpaired) electrons. The molecule has 9 heteroatoms. The second-order valence-electron chi connectivity index (χ2n) is 10.5. The Morgan fingerprint density at radius 2 is 1.45 bits per heavy atom. The van der Waals surface area contributed by atoms with Gasteiger partial charge in [-0.2, -0.15) is 0 Å². The standard InChI is InChI=1S/C35H44N2O6S/c1-3-5-6-7-8-9-10-11-12-13-24-36-30(38)23-16-26-14-17-28(18-15-26)33-32(37-34(44-33)35(40)41)27-19-21-29(22-20-27)43-25-31(39)42-4-2/h14-23H,3-13,24-25H2,1-2H3,(H,36,38)(H,40,41). The number of aromatic nitrogens is 1. The van der Waals surface area contributed by atoms with E-state index in [1.54, 1.807) is 37.3 Å². The molecule has 0 atom stereocenters. The summed E-state index contributed by atoms with van der Waals surface area (Å²) in [6, 6.07) is 14.5. The van der Waals surface area contributed by atoms with Crippen molar-refractivity contribution in [2.75, 3.05) is 19.8 Å². The lowest BCUT2D eigenvalue weighted by atomic mass is 10.0. The van der Waals surface area contributed by atoms with E-state index in [1.165, 1.54) is 57.4 Å². The third-order valence-corrected chi connectivity index (χ3v) is 8.12. The Hall–Kier alpha value is -3.98. The van der Waals surface area contributed by atoms with Gasteiger partial charge in [0.25, 0.3) is 0 Å². The molecule has 3 rings (SSSR count). The number of hydrogen-bond acceptors (Lipinski definition) is 7. The van der Waals surface area contributed by atoms with Gasteiger partial charge in [-0.25, -0.2) is 14.6 Å². The predicted octanol–water partition coefficient (Wildman–Crippen LogP) is 8.17. The molecule has 0 saturated carbocycles. The van der Waals surface area contributed by atoms with Crippen LogP contribution in [-0.4, -0.2) is 47.7 Å². The molecule has 8 nitrogen and oxygen atoms in total. The van der Waals surface area contributed by atoms with Crippen LogP contribution in [0.1, 0.15) is 93.4 Å². The minimum absolute atomic E-state index is 0.0133. The van der Waals surface area contributed by atoms with E-state index in [2.05, 4.69) is 17.2 Å². The number of rotatable bonds is 20. The summed E-state index contributed by atoms with van der Waals surface area (Å²) >= 11 is 1.10. The maximum absolute atomic E-state index is 12.3. The quantitative estimate of drug-likeness (QED) is 0.0744. The first-order valence-electron chi connectivity index (χ1n) is 15.6. The number of thiazole rings is 1. The van der Waals surface area contributed by atoms with Crippen molar-refractivity contribution in [2.24, 2.45) is 0 Å². The zero-order valence-electron chi connectivity index (χ0n) is 25.8. The smallest absolute Gasteiger partial charge is 0.365 e. The topological polar surface area (TPSA) is 115 Å². The van der Waals surface area contributed by atoms with E-state index in [0.717, 1.165) is 40.9 Å². The highest BCUT2D eigenvalue weighted by Gasteiger charge is 2.19. The van der Waals surface area contributed by atoms with Crippen molar-refractivity contribution in [3.8, 4) is 27.4 Å². The van der Waals surface area contributed by atoms with Crippen molar-refractivity contribution in [3.05, 3.63) is 65.2 Å². The summed E-state index contributed by atoms with van der Waals surface area (Å²) in [7, 11) is 0. The van der Waals surface area contributed by atoms with Gasteiger partial charge in [-0.15, -0.1) is 11.3 Å². The summed E-state index contributed by atoms with van der Waals surface area (Å²) in [6.07, 6.45) is 15.9. The van der Waals surface area contributed by atoms with Crippen LogP contribution in [0.25, 0.3) is 27.8 Å². The van der Waals surface area contributed by atoms with E-state index in [0.29, 0.717) is 22.9 Å². The number of carbonyl (C=O) groups is 3. The fourth-order valence-electron chi connectivity index (χ4n) is 4.66. The number of ether oxygens (including phenoxy) is 2. The number of carboxylic acid groups (broad SMARTS) is 1. The van der Waals surface area contributed by atoms with Gasteiger partial charge < -0.3 is 19.9 Å². The summed E-state index contributed by atoms with van der Waals surface area (Å²) in [4.78, 5) is 40.6. The Balaban J connectivity index is 1.51. The third-order valence-electron chi connectivity index (χ3n) is 7.03. The van der Waals surface area contributed by atoms with Crippen molar-refractivity contribution < 1.29 is 29.0 Å². The van der Waals surface area contributed by atoms with Gasteiger partial charge in [0.05, 0.1) is 17.2 Å². The highest BCUT2D eigenvalue weighted by Crippen LogP contribution is 2.37. The van der Waals surface area contributed by atoms with E-state index in [1.807, 2.05) is 24.3 Å². The first kappa shape index (κ1) is 34.5. The maximum Gasteiger partial charge on any atom is 0.365 e. The van der Waals surface area contributed by atoms with Crippen LogP contribution in [0.2, 0.25) is 0 Å². The Morgan fingerprint density at radius 1 is 0.841 bits per heavy atom. The molecule has 44 heavy (non-hydrogen) atoms. The highest BCUT2D eigenvalue weighted by molar-refractivity contribution is 7.17. The lowest BCUT2D eigenvalue weighted by molar-refractivity contribution is -0.145. The van der Waals surface area contributed by atoms with E-state index in [4.69, 9.17) is 9.47 Å². The Bertz CT molecular complexity index is 1350. The average molecular weight is 621 g/mol. The number of amides is 1. The number of benzene rings is 2. The van der Waals surface area contributed by atoms with Crippen LogP contribution in [0.15, 0.2) is 54.6 Å². The van der Waals surface area contributed by atoms with Gasteiger partial charge in [-0.05, 0) is 54.8 Å². The molecule has 0 fully saturated rings. The molecule has 0 bridgehead atoms. The van der Waals surface area contributed by atoms with Crippen LogP contribution >= 0.6 is 11.3 Å². The second kappa shape index (κ2) is 19.3. The second-order valence-corrected chi connectivity index (χ2v) is 11.5. The molecule has 3 aromatic rings. The summed E-state index contributed by atoms with van der Waals surface area (Å²) < 4.78 is 10.3. The molecule has 0 aliphatic carbocycles. The Kier molecular flexibility index (Phi) is 15.2. The third kappa shape index (κ3) is 12.0. The van der Waals surface area contributed by atoms with E-state index < -0.39 is 11.9 Å². The van der Waals surface area contributed by atoms with Crippen LogP contribution in [0.5, 0.6) is 5.75 Å². The minimum atomic E-state index is -1.10. The Morgan fingerprint density at radius 3 is 2.07 bits per heavy atom. The lowest BCUT2D eigenvalue weighted by Gasteiger charge is -2.07. The first-order chi connectivity index (χ1) is 21.4. The molecule has 0 spiro atoms. The summed E-state index contributed by atoms with van der Waals surface area (Å²) in [5.41, 5.74) is 2.93. The van der Waals surface area contributed by atoms with Gasteiger partial charge in [-0.3, -0.25) is 4.79 Å². The van der Waals surface area contributed by atoms with E-state index >= 15 is 0 Å². The van der Waals surface area contributed by atoms with Crippen molar-refractivity contribution in [3.63, 3.8) is 0 Å². The van der Waals surface area contributed by atoms with E-state index in [9.17, 15) is 19.5 Å². The number of carbonyl (C=O) groups excluding carboxylic acids is 2. The largest absolute Gasteiger partial charge is 0.482 e. The van der Waals surface area contributed by atoms with Crippen LogP contribution < -0.4 is 10.1 Å². The number of unbranched alkanes of at least 4 members (excludes halogenated alkanes) is 9. The number of hydrogen-bond donors (Lipinski definition) is 2. The van der Waals surface area contributed by atoms with Gasteiger partial charge >= 0.3 is 11.9 Å². The molecule has 1 heterocycles. The summed E-state index contributed by atoms with van der Waals surface area (Å²) in [6.45, 7) is 4.74. The first-order valence-corrected chi connectivity index (χ1v) is 16.4. The molecule has 0 aliphatic rings.